The van der Waals surface area contributed by atoms with E-state index >= 15 is 0 Å². The summed E-state index contributed by atoms with van der Waals surface area (Å²) in [4.78, 5) is 11.7. The van der Waals surface area contributed by atoms with Crippen molar-refractivity contribution in [2.45, 2.75) is 31.9 Å². The molecule has 1 aromatic carbocycles. The molecule has 0 aliphatic heterocycles. The number of unbranched alkanes of at least 4 members (excludes halogenated alkanes) is 2. The van der Waals surface area contributed by atoms with Gasteiger partial charge in [-0.25, -0.2) is 0 Å². The number of halogens is 4. The van der Waals surface area contributed by atoms with E-state index in [0.717, 1.165) is 30.3 Å². The lowest BCUT2D eigenvalue weighted by molar-refractivity contribution is -0.137. The van der Waals surface area contributed by atoms with E-state index in [1.807, 2.05) is 0 Å². The first-order chi connectivity index (χ1) is 8.45. The minimum Gasteiger partial charge on any atom is -0.294 e. The van der Waals surface area contributed by atoms with Crippen molar-refractivity contribution in [3.05, 3.63) is 35.4 Å². The fourth-order valence-corrected chi connectivity index (χ4v) is 1.97. The Balaban J connectivity index is 2.63. The molecule has 0 radical (unpaired) electrons. The number of alkyl halides is 4. The fourth-order valence-electron chi connectivity index (χ4n) is 1.57. The molecule has 1 rings (SSSR count). The normalized spacial score (nSPS) is 11.6. The zero-order chi connectivity index (χ0) is 13.6. The molecule has 1 nitrogen and oxygen atoms in total. The summed E-state index contributed by atoms with van der Waals surface area (Å²) in [6, 6.07) is 4.60. The van der Waals surface area contributed by atoms with Gasteiger partial charge in [0.2, 0.25) is 0 Å². The Morgan fingerprint density at radius 1 is 1.17 bits per heavy atom. The van der Waals surface area contributed by atoms with E-state index in [2.05, 4.69) is 15.9 Å². The molecule has 0 aromatic heterocycles. The van der Waals surface area contributed by atoms with Crippen LogP contribution in [0.3, 0.4) is 0 Å². The topological polar surface area (TPSA) is 17.1 Å². The summed E-state index contributed by atoms with van der Waals surface area (Å²) in [6.45, 7) is 0. The Bertz CT molecular complexity index is 401. The molecule has 1 aromatic rings. The van der Waals surface area contributed by atoms with Gasteiger partial charge in [0.1, 0.15) is 0 Å². The summed E-state index contributed by atoms with van der Waals surface area (Å²) in [5.74, 6) is -0.226. The average Bonchev–Trinajstić information content (AvgIpc) is 2.33. The summed E-state index contributed by atoms with van der Waals surface area (Å²) in [5.41, 5.74) is -0.627. The van der Waals surface area contributed by atoms with Gasteiger partial charge in [-0.2, -0.15) is 13.2 Å². The number of hydrogen-bond donors (Lipinski definition) is 0. The van der Waals surface area contributed by atoms with Crippen LogP contribution in [0.2, 0.25) is 0 Å². The van der Waals surface area contributed by atoms with Gasteiger partial charge in [0.05, 0.1) is 5.56 Å². The summed E-state index contributed by atoms with van der Waals surface area (Å²) >= 11 is 3.28. The summed E-state index contributed by atoms with van der Waals surface area (Å²) in [5, 5.41) is 0.880. The summed E-state index contributed by atoms with van der Waals surface area (Å²) in [7, 11) is 0. The van der Waals surface area contributed by atoms with E-state index < -0.39 is 11.7 Å². The molecule has 0 fully saturated rings. The van der Waals surface area contributed by atoms with Crippen LogP contribution in [0.1, 0.15) is 41.6 Å². The van der Waals surface area contributed by atoms with Crippen LogP contribution >= 0.6 is 15.9 Å². The smallest absolute Gasteiger partial charge is 0.294 e. The molecular formula is C13H14BrF3O. The van der Waals surface area contributed by atoms with Crippen molar-refractivity contribution < 1.29 is 18.0 Å². The summed E-state index contributed by atoms with van der Waals surface area (Å²) in [6.07, 6.45) is -1.52. The Morgan fingerprint density at radius 3 is 2.50 bits per heavy atom. The monoisotopic (exact) mass is 322 g/mol. The largest absolute Gasteiger partial charge is 0.416 e. The number of carbonyl (C=O) groups is 1. The molecule has 0 amide bonds. The van der Waals surface area contributed by atoms with Gasteiger partial charge < -0.3 is 0 Å². The van der Waals surface area contributed by atoms with Crippen LogP contribution in [0.25, 0.3) is 0 Å². The lowest BCUT2D eigenvalue weighted by Crippen LogP contribution is -2.07. The van der Waals surface area contributed by atoms with Crippen molar-refractivity contribution in [2.75, 3.05) is 5.33 Å². The van der Waals surface area contributed by atoms with Crippen LogP contribution in [0.5, 0.6) is 0 Å². The van der Waals surface area contributed by atoms with Crippen molar-refractivity contribution in [1.29, 1.82) is 0 Å². The molecule has 0 atom stereocenters. The first kappa shape index (κ1) is 15.2. The molecule has 0 bridgehead atoms. The van der Waals surface area contributed by atoms with E-state index in [0.29, 0.717) is 12.8 Å². The van der Waals surface area contributed by atoms with Crippen LogP contribution in [0, 0.1) is 0 Å². The second kappa shape index (κ2) is 6.92. The van der Waals surface area contributed by atoms with E-state index in [-0.39, 0.29) is 11.3 Å². The van der Waals surface area contributed by atoms with Crippen molar-refractivity contribution >= 4 is 21.7 Å². The van der Waals surface area contributed by atoms with E-state index in [1.165, 1.54) is 12.1 Å². The highest BCUT2D eigenvalue weighted by atomic mass is 79.9. The third-order valence-corrected chi connectivity index (χ3v) is 3.11. The van der Waals surface area contributed by atoms with Gasteiger partial charge in [0, 0.05) is 17.3 Å². The van der Waals surface area contributed by atoms with Gasteiger partial charge in [0.25, 0.3) is 0 Å². The van der Waals surface area contributed by atoms with Crippen LogP contribution in [0.4, 0.5) is 13.2 Å². The zero-order valence-corrected chi connectivity index (χ0v) is 11.4. The Hall–Kier alpha value is -0.840. The van der Waals surface area contributed by atoms with E-state index in [4.69, 9.17) is 0 Å². The lowest BCUT2D eigenvalue weighted by atomic mass is 10.0. The molecule has 0 saturated heterocycles. The van der Waals surface area contributed by atoms with Gasteiger partial charge in [-0.15, -0.1) is 0 Å². The van der Waals surface area contributed by atoms with Crippen molar-refractivity contribution in [3.8, 4) is 0 Å². The van der Waals surface area contributed by atoms with Gasteiger partial charge in [-0.05, 0) is 25.0 Å². The maximum absolute atomic E-state index is 12.5. The van der Waals surface area contributed by atoms with Gasteiger partial charge in [-0.1, -0.05) is 34.5 Å². The number of rotatable bonds is 6. The van der Waals surface area contributed by atoms with E-state index in [1.54, 1.807) is 0 Å². The molecule has 0 saturated carbocycles. The number of hydrogen-bond acceptors (Lipinski definition) is 1. The summed E-state index contributed by atoms with van der Waals surface area (Å²) < 4.78 is 37.4. The molecule has 0 heterocycles. The molecule has 0 unspecified atom stereocenters. The minimum atomic E-state index is -4.40. The van der Waals surface area contributed by atoms with Crippen molar-refractivity contribution in [1.82, 2.24) is 0 Å². The maximum atomic E-state index is 12.5. The Kier molecular flexibility index (Phi) is 5.85. The molecular weight excluding hydrogens is 309 g/mol. The highest BCUT2D eigenvalue weighted by molar-refractivity contribution is 9.09. The second-order valence-electron chi connectivity index (χ2n) is 4.00. The molecule has 0 N–H and O–H groups in total. The maximum Gasteiger partial charge on any atom is 0.416 e. The first-order valence-corrected chi connectivity index (χ1v) is 6.83. The molecule has 0 spiro atoms. The molecule has 0 aliphatic carbocycles. The Morgan fingerprint density at radius 2 is 1.89 bits per heavy atom. The third-order valence-electron chi connectivity index (χ3n) is 2.55. The molecule has 5 heteroatoms. The van der Waals surface area contributed by atoms with Crippen molar-refractivity contribution in [3.63, 3.8) is 0 Å². The van der Waals surface area contributed by atoms with Crippen LogP contribution < -0.4 is 0 Å². The second-order valence-corrected chi connectivity index (χ2v) is 4.79. The zero-order valence-electron chi connectivity index (χ0n) is 9.77. The average molecular weight is 323 g/mol. The lowest BCUT2D eigenvalue weighted by Gasteiger charge is -2.08. The number of Topliss-reactive ketones (excluding diaryl/α,β-unsaturated/α-hetero) is 1. The predicted octanol–water partition coefficient (Wildman–Crippen LogP) is 4.84. The number of carbonyl (C=O) groups excluding carboxylic acids is 1. The van der Waals surface area contributed by atoms with Crippen molar-refractivity contribution in [2.24, 2.45) is 0 Å². The SMILES string of the molecule is O=C(CCCCCBr)c1cccc(C(F)(F)F)c1. The predicted molar refractivity (Wildman–Crippen MR) is 68.0 cm³/mol. The molecule has 18 heavy (non-hydrogen) atoms. The van der Waals surface area contributed by atoms with Crippen LogP contribution in [-0.2, 0) is 6.18 Å². The quantitative estimate of drug-likeness (QED) is 0.416. The fraction of sp³-hybridized carbons (Fsp3) is 0.462. The number of benzene rings is 1. The molecule has 0 aliphatic rings. The van der Waals surface area contributed by atoms with Gasteiger partial charge in [0.15, 0.2) is 5.78 Å². The van der Waals surface area contributed by atoms with Gasteiger partial charge in [-0.3, -0.25) is 4.79 Å². The van der Waals surface area contributed by atoms with Gasteiger partial charge >= 0.3 is 6.18 Å². The minimum absolute atomic E-state index is 0.142. The Labute approximate surface area is 113 Å². The first-order valence-electron chi connectivity index (χ1n) is 5.71. The van der Waals surface area contributed by atoms with Crippen LogP contribution in [-0.4, -0.2) is 11.1 Å². The number of ketones is 1. The van der Waals surface area contributed by atoms with Crippen LogP contribution in [0.15, 0.2) is 24.3 Å². The highest BCUT2D eigenvalue weighted by Crippen LogP contribution is 2.29. The third kappa shape index (κ3) is 4.80. The molecule has 100 valence electrons. The highest BCUT2D eigenvalue weighted by Gasteiger charge is 2.30. The standard InChI is InChI=1S/C13H14BrF3O/c14-8-3-1-2-7-12(18)10-5-4-6-11(9-10)13(15,16)17/h4-6,9H,1-3,7-8H2. The van der Waals surface area contributed by atoms with E-state index in [9.17, 15) is 18.0 Å².